The smallest absolute Gasteiger partial charge is 0.338 e. The second kappa shape index (κ2) is 11.9. The third-order valence-corrected chi connectivity index (χ3v) is 5.12. The van der Waals surface area contributed by atoms with E-state index in [0.29, 0.717) is 23.8 Å². The molecule has 0 unspecified atom stereocenters. The van der Waals surface area contributed by atoms with Gasteiger partial charge in [-0.3, -0.25) is 0 Å². The number of unbranched alkanes of at least 4 members (excludes halogenated alkanes) is 5. The highest BCUT2D eigenvalue weighted by atomic mass is 16.5. The molecule has 0 bridgehead atoms. The van der Waals surface area contributed by atoms with Crippen LogP contribution in [0.3, 0.4) is 0 Å². The lowest BCUT2D eigenvalue weighted by Gasteiger charge is -2.09. The molecule has 31 heavy (non-hydrogen) atoms. The number of rotatable bonds is 11. The number of esters is 1. The van der Waals surface area contributed by atoms with E-state index < -0.39 is 0 Å². The topological polar surface area (TPSA) is 65.0 Å². The molecule has 3 rings (SSSR count). The van der Waals surface area contributed by atoms with E-state index in [2.05, 4.69) is 6.92 Å². The van der Waals surface area contributed by atoms with Gasteiger partial charge in [-0.15, -0.1) is 0 Å². The molecule has 0 saturated carbocycles. The van der Waals surface area contributed by atoms with Crippen LogP contribution in [-0.2, 0) is 11.2 Å². The van der Waals surface area contributed by atoms with Gasteiger partial charge in [0.25, 0.3) is 0 Å². The van der Waals surface area contributed by atoms with Crippen LogP contribution in [0.1, 0.15) is 68.6 Å². The minimum Gasteiger partial charge on any atom is -0.462 e. The Morgan fingerprint density at radius 2 is 1.35 bits per heavy atom. The molecule has 162 valence electrons. The Morgan fingerprint density at radius 3 is 2.00 bits per heavy atom. The summed E-state index contributed by atoms with van der Waals surface area (Å²) >= 11 is 0. The molecular formula is C26H31N3O2. The molecule has 2 aromatic carbocycles. The molecule has 0 spiro atoms. The molecule has 0 aliphatic carbocycles. The van der Waals surface area contributed by atoms with E-state index in [0.717, 1.165) is 29.8 Å². The maximum atomic E-state index is 11.9. The quantitative estimate of drug-likeness (QED) is 0.271. The van der Waals surface area contributed by atoms with Gasteiger partial charge in [-0.05, 0) is 25.5 Å². The van der Waals surface area contributed by atoms with Crippen LogP contribution < -0.4 is 0 Å². The van der Waals surface area contributed by atoms with Crippen molar-refractivity contribution in [2.45, 2.75) is 58.8 Å². The maximum absolute atomic E-state index is 11.9. The van der Waals surface area contributed by atoms with E-state index >= 15 is 0 Å². The number of aromatic nitrogens is 3. The molecule has 0 amide bonds. The van der Waals surface area contributed by atoms with Crippen molar-refractivity contribution in [3.8, 4) is 22.8 Å². The van der Waals surface area contributed by atoms with Crippen LogP contribution in [0.15, 0.2) is 54.6 Å². The zero-order valence-corrected chi connectivity index (χ0v) is 18.5. The second-order valence-corrected chi connectivity index (χ2v) is 7.58. The first-order chi connectivity index (χ1) is 15.2. The number of carbonyl (C=O) groups excluding carboxylic acids is 1. The fraction of sp³-hybridized carbons (Fsp3) is 0.385. The van der Waals surface area contributed by atoms with Gasteiger partial charge in [-0.25, -0.2) is 19.7 Å². The van der Waals surface area contributed by atoms with Gasteiger partial charge < -0.3 is 4.74 Å². The molecular weight excluding hydrogens is 386 g/mol. The average Bonchev–Trinajstić information content (AvgIpc) is 2.82. The van der Waals surface area contributed by atoms with Gasteiger partial charge in [-0.2, -0.15) is 0 Å². The number of hydrogen-bond donors (Lipinski definition) is 0. The van der Waals surface area contributed by atoms with Gasteiger partial charge in [0.05, 0.1) is 12.2 Å². The summed E-state index contributed by atoms with van der Waals surface area (Å²) in [5, 5.41) is 0. The summed E-state index contributed by atoms with van der Waals surface area (Å²) in [5.41, 5.74) is 2.35. The maximum Gasteiger partial charge on any atom is 0.338 e. The Bertz CT molecular complexity index is 956. The lowest BCUT2D eigenvalue weighted by atomic mass is 10.1. The van der Waals surface area contributed by atoms with Crippen LogP contribution in [0.4, 0.5) is 0 Å². The molecule has 5 nitrogen and oxygen atoms in total. The van der Waals surface area contributed by atoms with Crippen molar-refractivity contribution in [2.24, 2.45) is 0 Å². The van der Waals surface area contributed by atoms with E-state index in [1.165, 1.54) is 32.1 Å². The normalized spacial score (nSPS) is 10.8. The first-order valence-electron chi connectivity index (χ1n) is 11.3. The highest BCUT2D eigenvalue weighted by Gasteiger charge is 2.12. The Kier molecular flexibility index (Phi) is 8.71. The Hall–Kier alpha value is -3.08. The first kappa shape index (κ1) is 22.6. The molecule has 0 radical (unpaired) electrons. The zero-order chi connectivity index (χ0) is 21.9. The van der Waals surface area contributed by atoms with Crippen molar-refractivity contribution in [3.05, 3.63) is 66.0 Å². The van der Waals surface area contributed by atoms with Crippen LogP contribution in [0.25, 0.3) is 22.8 Å². The van der Waals surface area contributed by atoms with E-state index in [9.17, 15) is 4.79 Å². The standard InChI is InChI=1S/C26H31N3O2/c1-3-5-6-7-8-12-15-23-27-24(20-13-10-9-11-14-20)29-25(28-23)21-16-18-22(19-17-21)26(30)31-4-2/h9-11,13-14,16-19H,3-8,12,15H2,1-2H3. The van der Waals surface area contributed by atoms with Crippen molar-refractivity contribution in [2.75, 3.05) is 6.61 Å². The van der Waals surface area contributed by atoms with Crippen LogP contribution in [0.2, 0.25) is 0 Å². The molecule has 1 aromatic heterocycles. The van der Waals surface area contributed by atoms with Crippen LogP contribution in [-0.4, -0.2) is 27.5 Å². The fourth-order valence-corrected chi connectivity index (χ4v) is 3.41. The predicted molar refractivity (Wildman–Crippen MR) is 124 cm³/mol. The van der Waals surface area contributed by atoms with Crippen LogP contribution in [0, 0.1) is 0 Å². The Morgan fingerprint density at radius 1 is 0.742 bits per heavy atom. The minimum atomic E-state index is -0.321. The lowest BCUT2D eigenvalue weighted by Crippen LogP contribution is -2.05. The molecule has 0 N–H and O–H groups in total. The van der Waals surface area contributed by atoms with Gasteiger partial charge >= 0.3 is 5.97 Å². The summed E-state index contributed by atoms with van der Waals surface area (Å²) < 4.78 is 5.07. The number of nitrogens with zero attached hydrogens (tertiary/aromatic N) is 3. The van der Waals surface area contributed by atoms with E-state index in [1.54, 1.807) is 19.1 Å². The number of aryl methyl sites for hydroxylation is 1. The second-order valence-electron chi connectivity index (χ2n) is 7.58. The molecule has 1 heterocycles. The van der Waals surface area contributed by atoms with Crippen molar-refractivity contribution in [1.29, 1.82) is 0 Å². The molecule has 0 aliphatic heterocycles. The number of carbonyl (C=O) groups is 1. The van der Waals surface area contributed by atoms with Gasteiger partial charge in [0.1, 0.15) is 5.82 Å². The van der Waals surface area contributed by atoms with Crippen LogP contribution in [0.5, 0.6) is 0 Å². The van der Waals surface area contributed by atoms with Crippen molar-refractivity contribution < 1.29 is 9.53 Å². The summed E-state index contributed by atoms with van der Waals surface area (Å²) in [4.78, 5) is 26.1. The Balaban J connectivity index is 1.82. The molecule has 0 aliphatic rings. The average molecular weight is 418 g/mol. The van der Waals surface area contributed by atoms with Crippen molar-refractivity contribution in [1.82, 2.24) is 15.0 Å². The number of ether oxygens (including phenoxy) is 1. The lowest BCUT2D eigenvalue weighted by molar-refractivity contribution is 0.0526. The van der Waals surface area contributed by atoms with Crippen LogP contribution >= 0.6 is 0 Å². The van der Waals surface area contributed by atoms with Gasteiger partial charge in [0.15, 0.2) is 11.6 Å². The van der Waals surface area contributed by atoms with Crippen molar-refractivity contribution >= 4 is 5.97 Å². The summed E-state index contributed by atoms with van der Waals surface area (Å²) in [6.07, 6.45) is 8.21. The van der Waals surface area contributed by atoms with Gasteiger partial charge in [0, 0.05) is 17.5 Å². The monoisotopic (exact) mass is 417 g/mol. The number of hydrogen-bond acceptors (Lipinski definition) is 5. The predicted octanol–water partition coefficient (Wildman–Crippen LogP) is 6.29. The minimum absolute atomic E-state index is 0.321. The highest BCUT2D eigenvalue weighted by molar-refractivity contribution is 5.89. The number of benzene rings is 2. The fourth-order valence-electron chi connectivity index (χ4n) is 3.41. The molecule has 3 aromatic rings. The van der Waals surface area contributed by atoms with E-state index in [1.807, 2.05) is 42.5 Å². The van der Waals surface area contributed by atoms with Gasteiger partial charge in [0.2, 0.25) is 0 Å². The summed E-state index contributed by atoms with van der Waals surface area (Å²) in [6, 6.07) is 17.2. The summed E-state index contributed by atoms with van der Waals surface area (Å²) in [5.74, 6) is 1.80. The summed E-state index contributed by atoms with van der Waals surface area (Å²) in [7, 11) is 0. The van der Waals surface area contributed by atoms with Crippen molar-refractivity contribution in [3.63, 3.8) is 0 Å². The molecule has 0 atom stereocenters. The molecule has 0 saturated heterocycles. The largest absolute Gasteiger partial charge is 0.462 e. The highest BCUT2D eigenvalue weighted by Crippen LogP contribution is 2.21. The molecule has 5 heteroatoms. The third-order valence-electron chi connectivity index (χ3n) is 5.12. The third kappa shape index (κ3) is 6.71. The zero-order valence-electron chi connectivity index (χ0n) is 18.5. The summed E-state index contributed by atoms with van der Waals surface area (Å²) in [6.45, 7) is 4.39. The SMILES string of the molecule is CCCCCCCCc1nc(-c2ccccc2)nc(-c2ccc(C(=O)OCC)cc2)n1. The Labute approximate surface area is 184 Å². The van der Waals surface area contributed by atoms with Gasteiger partial charge in [-0.1, -0.05) is 81.5 Å². The van der Waals surface area contributed by atoms with E-state index in [4.69, 9.17) is 19.7 Å². The van der Waals surface area contributed by atoms with E-state index in [-0.39, 0.29) is 5.97 Å². The molecule has 0 fully saturated rings. The first-order valence-corrected chi connectivity index (χ1v) is 11.3.